The molecule has 0 saturated heterocycles. The molecule has 0 amide bonds. The highest BCUT2D eigenvalue weighted by atomic mass is 35.5. The van der Waals surface area contributed by atoms with E-state index in [0.29, 0.717) is 0 Å². The van der Waals surface area contributed by atoms with Crippen LogP contribution in [-0.4, -0.2) is 11.2 Å². The normalized spacial score (nSPS) is 15.2. The monoisotopic (exact) mass is 249 g/mol. The molecule has 0 aliphatic carbocycles. The lowest BCUT2D eigenvalue weighted by molar-refractivity contribution is 0.0965. The zero-order chi connectivity index (χ0) is 12.5. The van der Waals surface area contributed by atoms with Gasteiger partial charge in [-0.2, -0.15) is 0 Å². The molecule has 0 spiro atoms. The molecule has 90 valence electrons. The number of halogens is 3. The first-order valence-electron chi connectivity index (χ1n) is 4.93. The van der Waals surface area contributed by atoms with Crippen molar-refractivity contribution in [2.45, 2.75) is 26.0 Å². The fourth-order valence-corrected chi connectivity index (χ4v) is 1.71. The number of benzene rings is 1. The molecule has 0 unspecified atom stereocenters. The third-order valence-corrected chi connectivity index (χ3v) is 2.85. The molecule has 16 heavy (non-hydrogen) atoms. The third-order valence-electron chi connectivity index (χ3n) is 2.46. The van der Waals surface area contributed by atoms with Gasteiger partial charge in [-0.05, 0) is 18.1 Å². The number of aliphatic hydroxyl groups excluding tert-OH is 1. The van der Waals surface area contributed by atoms with E-state index in [1.807, 2.05) is 0 Å². The molecule has 1 aromatic carbocycles. The van der Waals surface area contributed by atoms with Gasteiger partial charge in [-0.3, -0.25) is 0 Å². The predicted octanol–water partition coefficient (Wildman–Crippen LogP) is 2.63. The summed E-state index contributed by atoms with van der Waals surface area (Å²) in [4.78, 5) is 0. The quantitative estimate of drug-likeness (QED) is 0.809. The average molecular weight is 250 g/mol. The molecule has 1 rings (SSSR count). The van der Waals surface area contributed by atoms with E-state index in [9.17, 15) is 13.9 Å². The Hall–Kier alpha value is -0.710. The van der Waals surface area contributed by atoms with Gasteiger partial charge in [-0.1, -0.05) is 25.4 Å². The largest absolute Gasteiger partial charge is 0.391 e. The van der Waals surface area contributed by atoms with Crippen LogP contribution >= 0.6 is 11.6 Å². The second-order valence-electron chi connectivity index (χ2n) is 4.02. The summed E-state index contributed by atoms with van der Waals surface area (Å²) in [5.74, 6) is -1.63. The van der Waals surface area contributed by atoms with Gasteiger partial charge in [0.05, 0.1) is 17.2 Å². The minimum absolute atomic E-state index is 0.172. The first-order chi connectivity index (χ1) is 7.36. The number of aliphatic hydroxyl groups is 1. The summed E-state index contributed by atoms with van der Waals surface area (Å²) in [6.45, 7) is 3.46. The fourth-order valence-electron chi connectivity index (χ4n) is 1.43. The van der Waals surface area contributed by atoms with Crippen molar-refractivity contribution >= 4 is 11.6 Å². The van der Waals surface area contributed by atoms with Crippen molar-refractivity contribution in [2.24, 2.45) is 11.7 Å². The van der Waals surface area contributed by atoms with Crippen LogP contribution in [0.4, 0.5) is 8.78 Å². The number of hydrogen-bond acceptors (Lipinski definition) is 2. The molecule has 0 bridgehead atoms. The summed E-state index contributed by atoms with van der Waals surface area (Å²) in [6.07, 6.45) is -0.978. The van der Waals surface area contributed by atoms with E-state index in [-0.39, 0.29) is 16.5 Å². The molecule has 0 aliphatic rings. The Morgan fingerprint density at radius 2 is 1.75 bits per heavy atom. The molecule has 2 atom stereocenters. The van der Waals surface area contributed by atoms with Gasteiger partial charge in [0.25, 0.3) is 0 Å². The average Bonchev–Trinajstić information content (AvgIpc) is 2.22. The van der Waals surface area contributed by atoms with Gasteiger partial charge < -0.3 is 10.8 Å². The summed E-state index contributed by atoms with van der Waals surface area (Å²) in [7, 11) is 0. The zero-order valence-corrected chi connectivity index (χ0v) is 9.80. The first kappa shape index (κ1) is 13.4. The lowest BCUT2D eigenvalue weighted by Crippen LogP contribution is -2.31. The van der Waals surface area contributed by atoms with Crippen LogP contribution in [0.2, 0.25) is 5.02 Å². The van der Waals surface area contributed by atoms with Gasteiger partial charge >= 0.3 is 0 Å². The van der Waals surface area contributed by atoms with E-state index in [1.165, 1.54) is 0 Å². The number of hydrogen-bond donors (Lipinski definition) is 2. The standard InChI is InChI=1S/C11H14ClF2NO/c1-5(2)11(16)10(15)8-6(13)3-4-7(14)9(8)12/h3-5,10-11,16H,15H2,1-2H3/t10-,11+/m0/s1. The van der Waals surface area contributed by atoms with Crippen LogP contribution in [-0.2, 0) is 0 Å². The van der Waals surface area contributed by atoms with Crippen molar-refractivity contribution in [1.29, 1.82) is 0 Å². The molecule has 0 aromatic heterocycles. The van der Waals surface area contributed by atoms with Crippen molar-refractivity contribution in [2.75, 3.05) is 0 Å². The second kappa shape index (κ2) is 5.08. The minimum Gasteiger partial charge on any atom is -0.391 e. The Bertz CT molecular complexity index is 384. The smallest absolute Gasteiger partial charge is 0.142 e. The van der Waals surface area contributed by atoms with E-state index < -0.39 is 23.8 Å². The van der Waals surface area contributed by atoms with E-state index in [4.69, 9.17) is 17.3 Å². The number of rotatable bonds is 3. The Labute approximate surface area is 98.0 Å². The highest BCUT2D eigenvalue weighted by Crippen LogP contribution is 2.30. The molecule has 1 aromatic rings. The predicted molar refractivity (Wildman–Crippen MR) is 59.1 cm³/mol. The Morgan fingerprint density at radius 1 is 1.25 bits per heavy atom. The summed E-state index contributed by atoms with van der Waals surface area (Å²) in [6, 6.07) is 0.835. The lowest BCUT2D eigenvalue weighted by atomic mass is 9.94. The maximum atomic E-state index is 13.5. The molecule has 0 fully saturated rings. The summed E-state index contributed by atoms with van der Waals surface area (Å²) in [5.41, 5.74) is 5.49. The van der Waals surface area contributed by atoms with Crippen molar-refractivity contribution in [3.63, 3.8) is 0 Å². The van der Waals surface area contributed by atoms with Gasteiger partial charge in [0.1, 0.15) is 11.6 Å². The molecular weight excluding hydrogens is 236 g/mol. The first-order valence-corrected chi connectivity index (χ1v) is 5.31. The summed E-state index contributed by atoms with van der Waals surface area (Å²) < 4.78 is 26.6. The van der Waals surface area contributed by atoms with Crippen LogP contribution in [0.5, 0.6) is 0 Å². The summed E-state index contributed by atoms with van der Waals surface area (Å²) in [5, 5.41) is 9.35. The van der Waals surface area contributed by atoms with Crippen LogP contribution in [0.15, 0.2) is 12.1 Å². The Balaban J connectivity index is 3.17. The van der Waals surface area contributed by atoms with Gasteiger partial charge in [0.15, 0.2) is 0 Å². The van der Waals surface area contributed by atoms with Gasteiger partial charge in [0.2, 0.25) is 0 Å². The van der Waals surface area contributed by atoms with Crippen molar-refractivity contribution in [3.05, 3.63) is 34.4 Å². The van der Waals surface area contributed by atoms with Crippen LogP contribution in [0, 0.1) is 17.6 Å². The van der Waals surface area contributed by atoms with Crippen LogP contribution in [0.3, 0.4) is 0 Å². The zero-order valence-electron chi connectivity index (χ0n) is 9.05. The molecule has 5 heteroatoms. The Morgan fingerprint density at radius 3 is 2.25 bits per heavy atom. The fraction of sp³-hybridized carbons (Fsp3) is 0.455. The summed E-state index contributed by atoms with van der Waals surface area (Å²) >= 11 is 5.64. The minimum atomic E-state index is -1.04. The van der Waals surface area contributed by atoms with Gasteiger partial charge in [-0.25, -0.2) is 8.78 Å². The maximum absolute atomic E-state index is 13.5. The third kappa shape index (κ3) is 2.51. The van der Waals surface area contributed by atoms with Crippen molar-refractivity contribution < 1.29 is 13.9 Å². The van der Waals surface area contributed by atoms with Crippen LogP contribution in [0.25, 0.3) is 0 Å². The van der Waals surface area contributed by atoms with E-state index in [2.05, 4.69) is 0 Å². The second-order valence-corrected chi connectivity index (χ2v) is 4.40. The molecule has 3 N–H and O–H groups in total. The van der Waals surface area contributed by atoms with Gasteiger partial charge in [-0.15, -0.1) is 0 Å². The molecular formula is C11H14ClF2NO. The lowest BCUT2D eigenvalue weighted by Gasteiger charge is -2.23. The molecule has 0 aliphatic heterocycles. The van der Waals surface area contributed by atoms with Crippen LogP contribution in [0.1, 0.15) is 25.5 Å². The molecule has 0 radical (unpaired) electrons. The number of nitrogens with two attached hydrogens (primary N) is 1. The van der Waals surface area contributed by atoms with E-state index >= 15 is 0 Å². The highest BCUT2D eigenvalue weighted by molar-refractivity contribution is 6.31. The molecule has 0 heterocycles. The van der Waals surface area contributed by atoms with E-state index in [1.54, 1.807) is 13.8 Å². The maximum Gasteiger partial charge on any atom is 0.142 e. The van der Waals surface area contributed by atoms with Crippen molar-refractivity contribution in [1.82, 2.24) is 0 Å². The molecule has 0 saturated carbocycles. The van der Waals surface area contributed by atoms with Crippen molar-refractivity contribution in [3.8, 4) is 0 Å². The van der Waals surface area contributed by atoms with Crippen LogP contribution < -0.4 is 5.73 Å². The van der Waals surface area contributed by atoms with Gasteiger partial charge in [0, 0.05) is 5.56 Å². The highest BCUT2D eigenvalue weighted by Gasteiger charge is 2.26. The van der Waals surface area contributed by atoms with E-state index in [0.717, 1.165) is 12.1 Å². The SMILES string of the molecule is CC(C)[C@@H](O)[C@@H](N)c1c(F)ccc(F)c1Cl. The molecule has 2 nitrogen and oxygen atoms in total. The Kier molecular flexibility index (Phi) is 4.24. The topological polar surface area (TPSA) is 46.2 Å².